The highest BCUT2D eigenvalue weighted by Crippen LogP contribution is 2.53. The van der Waals surface area contributed by atoms with Crippen molar-refractivity contribution < 1.29 is 23.5 Å². The molecule has 3 heterocycles. The second kappa shape index (κ2) is 12.9. The quantitative estimate of drug-likeness (QED) is 0.293. The lowest BCUT2D eigenvalue weighted by Gasteiger charge is -2.46. The predicted molar refractivity (Wildman–Crippen MR) is 178 cm³/mol. The molecule has 3 aromatic rings. The Morgan fingerprint density at radius 2 is 1.83 bits per heavy atom. The van der Waals surface area contributed by atoms with Gasteiger partial charge in [-0.2, -0.15) is 5.10 Å². The maximum absolute atomic E-state index is 14.9. The van der Waals surface area contributed by atoms with E-state index in [2.05, 4.69) is 35.4 Å². The summed E-state index contributed by atoms with van der Waals surface area (Å²) in [7, 11) is 0. The normalized spacial score (nSPS) is 26.9. The number of rotatable bonds is 7. The molecular weight excluding hydrogens is 613 g/mol. The number of carbonyl (C=O) groups is 3. The number of nitrogens with one attached hydrogen (secondary N) is 2. The van der Waals surface area contributed by atoms with Crippen molar-refractivity contribution in [2.24, 2.45) is 23.2 Å². The highest BCUT2D eigenvalue weighted by molar-refractivity contribution is 5.95. The maximum Gasteiger partial charge on any atom is 0.311 e. The van der Waals surface area contributed by atoms with Crippen LogP contribution in [0.25, 0.3) is 10.8 Å². The first-order valence-corrected chi connectivity index (χ1v) is 17.1. The average Bonchev–Trinajstić information content (AvgIpc) is 3.38. The Hall–Kier alpha value is -4.38. The SMILES string of the molecule is C[C@H]1CCC[C@]2(C)CC3OC(=O)C(CNCC(=O)N4CCN(C(=O)c5cc(Cc6n[nH]c(=O)c7ccccc67)ccc5F)CC4)C3C=C12. The largest absolute Gasteiger partial charge is 0.461 e. The van der Waals surface area contributed by atoms with E-state index in [9.17, 15) is 23.6 Å². The van der Waals surface area contributed by atoms with Crippen molar-refractivity contribution in [3.63, 3.8) is 0 Å². The van der Waals surface area contributed by atoms with Gasteiger partial charge in [0.1, 0.15) is 11.9 Å². The predicted octanol–water partition coefficient (Wildman–Crippen LogP) is 3.84. The topological polar surface area (TPSA) is 125 Å². The van der Waals surface area contributed by atoms with Gasteiger partial charge >= 0.3 is 5.97 Å². The molecule has 10 nitrogen and oxygen atoms in total. The Morgan fingerprint density at radius 1 is 1.08 bits per heavy atom. The van der Waals surface area contributed by atoms with Gasteiger partial charge in [-0.3, -0.25) is 19.2 Å². The van der Waals surface area contributed by atoms with Crippen molar-refractivity contribution in [1.29, 1.82) is 0 Å². The fourth-order valence-electron chi connectivity index (χ4n) is 8.40. The lowest BCUT2D eigenvalue weighted by molar-refractivity contribution is -0.145. The van der Waals surface area contributed by atoms with Crippen LogP contribution in [0.3, 0.4) is 0 Å². The molecular formula is C37H42FN5O5. The second-order valence-electron chi connectivity index (χ2n) is 14.2. The summed E-state index contributed by atoms with van der Waals surface area (Å²) in [6.07, 6.45) is 6.91. The van der Waals surface area contributed by atoms with Gasteiger partial charge < -0.3 is 19.9 Å². The number of halogens is 1. The van der Waals surface area contributed by atoms with Gasteiger partial charge in [-0.05, 0) is 54.4 Å². The number of benzene rings is 2. The van der Waals surface area contributed by atoms with Crippen LogP contribution >= 0.6 is 0 Å². The first-order chi connectivity index (χ1) is 23.1. The molecule has 11 heteroatoms. The zero-order valence-electron chi connectivity index (χ0n) is 27.5. The number of nitrogens with zero attached hydrogens (tertiary/aromatic N) is 3. The van der Waals surface area contributed by atoms with Gasteiger partial charge in [0, 0.05) is 50.4 Å². The van der Waals surface area contributed by atoms with Gasteiger partial charge in [0.25, 0.3) is 11.5 Å². The number of hydrogen-bond donors (Lipinski definition) is 2. The maximum atomic E-state index is 14.9. The Balaban J connectivity index is 0.930. The van der Waals surface area contributed by atoms with Crippen LogP contribution in [0.15, 0.2) is 58.9 Å². The van der Waals surface area contributed by atoms with E-state index >= 15 is 0 Å². The van der Waals surface area contributed by atoms with Crippen LogP contribution in [-0.2, 0) is 20.7 Å². The van der Waals surface area contributed by atoms with Gasteiger partial charge in [0.2, 0.25) is 5.91 Å². The van der Waals surface area contributed by atoms with Gasteiger partial charge in [0.15, 0.2) is 0 Å². The summed E-state index contributed by atoms with van der Waals surface area (Å²) in [5.74, 6) is -1.11. The van der Waals surface area contributed by atoms with Crippen LogP contribution in [0.5, 0.6) is 0 Å². The number of fused-ring (bicyclic) bond motifs is 3. The highest BCUT2D eigenvalue weighted by atomic mass is 19.1. The lowest BCUT2D eigenvalue weighted by Crippen LogP contribution is -2.52. The Kier molecular flexibility index (Phi) is 8.66. The summed E-state index contributed by atoms with van der Waals surface area (Å²) in [4.78, 5) is 54.8. The molecule has 2 aromatic carbocycles. The third kappa shape index (κ3) is 6.04. The van der Waals surface area contributed by atoms with Crippen LogP contribution in [0.2, 0.25) is 0 Å². The number of ether oxygens (including phenoxy) is 1. The van der Waals surface area contributed by atoms with E-state index in [0.717, 1.165) is 12.8 Å². The van der Waals surface area contributed by atoms with E-state index in [1.807, 2.05) is 12.1 Å². The number of aromatic nitrogens is 2. The Morgan fingerprint density at radius 3 is 2.62 bits per heavy atom. The molecule has 2 amide bonds. The third-order valence-corrected chi connectivity index (χ3v) is 11.0. The third-order valence-electron chi connectivity index (χ3n) is 11.0. The monoisotopic (exact) mass is 655 g/mol. The standard InChI is InChI=1S/C37H42FN5O5/c1-22-6-5-11-37(2)19-32-26(18-29(22)37)28(36(47)48-32)20-39-21-33(44)42-12-14-43(15-13-42)35(46)27-16-23(9-10-30(27)38)17-31-24-7-3-4-8-25(24)34(45)41-40-31/h3-4,7-10,16,18,22,26,28,32,39H,5-6,11-15,17,19-21H2,1-2H3,(H,41,45)/t22-,26?,28?,32?,37+/m0/s1. The van der Waals surface area contributed by atoms with Crippen LogP contribution in [-0.4, -0.2) is 83.2 Å². The first-order valence-electron chi connectivity index (χ1n) is 17.1. The number of piperazine rings is 1. The molecule has 1 saturated carbocycles. The van der Waals surface area contributed by atoms with E-state index in [0.29, 0.717) is 54.0 Å². The second-order valence-corrected chi connectivity index (χ2v) is 14.2. The van der Waals surface area contributed by atoms with Crippen molar-refractivity contribution in [2.75, 3.05) is 39.3 Å². The molecule has 3 fully saturated rings. The zero-order chi connectivity index (χ0) is 33.6. The lowest BCUT2D eigenvalue weighted by atomic mass is 9.59. The van der Waals surface area contributed by atoms with E-state index in [4.69, 9.17) is 4.74 Å². The Labute approximate surface area is 278 Å². The van der Waals surface area contributed by atoms with Gasteiger partial charge in [-0.25, -0.2) is 9.49 Å². The molecule has 0 radical (unpaired) electrons. The molecule has 0 spiro atoms. The minimum absolute atomic E-state index is 0.0320. The molecule has 2 aliphatic heterocycles. The number of hydrogen-bond acceptors (Lipinski definition) is 7. The molecule has 2 aliphatic carbocycles. The smallest absolute Gasteiger partial charge is 0.311 e. The number of allylic oxidation sites excluding steroid dienone is 1. The van der Waals surface area contributed by atoms with E-state index in [-0.39, 0.29) is 66.0 Å². The fourth-order valence-corrected chi connectivity index (χ4v) is 8.40. The molecule has 7 rings (SSSR count). The first kappa shape index (κ1) is 32.2. The van der Waals surface area contributed by atoms with Crippen molar-refractivity contribution in [3.05, 3.63) is 87.1 Å². The fraction of sp³-hybridized carbons (Fsp3) is 0.486. The van der Waals surface area contributed by atoms with Crippen molar-refractivity contribution in [2.45, 2.75) is 52.1 Å². The Bertz CT molecular complexity index is 1850. The minimum atomic E-state index is -0.616. The van der Waals surface area contributed by atoms with E-state index in [1.54, 1.807) is 28.0 Å². The van der Waals surface area contributed by atoms with Crippen molar-refractivity contribution in [1.82, 2.24) is 25.3 Å². The molecule has 252 valence electrons. The molecule has 2 N–H and O–H groups in total. The molecule has 1 aromatic heterocycles. The molecule has 3 unspecified atom stereocenters. The molecule has 5 atom stereocenters. The number of carbonyl (C=O) groups excluding carboxylic acids is 3. The average molecular weight is 656 g/mol. The molecule has 48 heavy (non-hydrogen) atoms. The van der Waals surface area contributed by atoms with Crippen LogP contribution in [0.1, 0.15) is 61.1 Å². The van der Waals surface area contributed by atoms with Gasteiger partial charge in [-0.1, -0.05) is 56.2 Å². The minimum Gasteiger partial charge on any atom is -0.461 e. The summed E-state index contributed by atoms with van der Waals surface area (Å²) < 4.78 is 20.8. The summed E-state index contributed by atoms with van der Waals surface area (Å²) in [6.45, 7) is 6.28. The van der Waals surface area contributed by atoms with Crippen LogP contribution in [0, 0.1) is 29.0 Å². The van der Waals surface area contributed by atoms with Gasteiger partial charge in [-0.15, -0.1) is 0 Å². The van der Waals surface area contributed by atoms with Crippen LogP contribution < -0.4 is 10.9 Å². The number of esters is 1. The van der Waals surface area contributed by atoms with E-state index < -0.39 is 11.7 Å². The number of H-pyrrole nitrogens is 1. The van der Waals surface area contributed by atoms with Gasteiger partial charge in [0.05, 0.1) is 29.1 Å². The summed E-state index contributed by atoms with van der Waals surface area (Å²) in [6, 6.07) is 11.6. The van der Waals surface area contributed by atoms with E-state index in [1.165, 1.54) is 30.5 Å². The van der Waals surface area contributed by atoms with Crippen molar-refractivity contribution in [3.8, 4) is 0 Å². The van der Waals surface area contributed by atoms with Crippen molar-refractivity contribution >= 4 is 28.6 Å². The summed E-state index contributed by atoms with van der Waals surface area (Å²) >= 11 is 0. The molecule has 0 bridgehead atoms. The summed E-state index contributed by atoms with van der Waals surface area (Å²) in [5, 5.41) is 11.1. The zero-order valence-corrected chi connectivity index (χ0v) is 27.5. The highest BCUT2D eigenvalue weighted by Gasteiger charge is 2.51. The summed E-state index contributed by atoms with van der Waals surface area (Å²) in [5.41, 5.74) is 2.56. The molecule has 4 aliphatic rings. The molecule has 2 saturated heterocycles. The number of aromatic amines is 1. The number of amides is 2. The van der Waals surface area contributed by atoms with Crippen LogP contribution in [0.4, 0.5) is 4.39 Å².